The van der Waals surface area contributed by atoms with Crippen LogP contribution in [0.5, 0.6) is 5.75 Å². The second-order valence-corrected chi connectivity index (χ2v) is 8.74. The summed E-state index contributed by atoms with van der Waals surface area (Å²) in [5, 5.41) is 0.369. The van der Waals surface area contributed by atoms with Crippen molar-refractivity contribution in [2.75, 3.05) is 18.9 Å². The van der Waals surface area contributed by atoms with Crippen molar-refractivity contribution in [2.45, 2.75) is 4.21 Å². The van der Waals surface area contributed by atoms with Crippen LogP contribution in [0.25, 0.3) is 0 Å². The van der Waals surface area contributed by atoms with Gasteiger partial charge in [-0.25, -0.2) is 13.1 Å². The molecular weight excluding hydrogens is 400 g/mol. The van der Waals surface area contributed by atoms with Crippen LogP contribution in [0.2, 0.25) is 5.02 Å². The van der Waals surface area contributed by atoms with Crippen molar-refractivity contribution >= 4 is 54.6 Å². The second-order valence-electron chi connectivity index (χ2n) is 3.97. The van der Waals surface area contributed by atoms with Gasteiger partial charge in [-0.1, -0.05) is 23.7 Å². The van der Waals surface area contributed by atoms with Gasteiger partial charge in [-0.3, -0.25) is 0 Å². The average molecular weight is 412 g/mol. The number of thiophene rings is 1. The molecule has 0 radical (unpaired) electrons. The van der Waals surface area contributed by atoms with E-state index in [9.17, 15) is 8.42 Å². The van der Waals surface area contributed by atoms with Crippen molar-refractivity contribution in [1.82, 2.24) is 4.72 Å². The molecule has 114 valence electrons. The van der Waals surface area contributed by atoms with Crippen molar-refractivity contribution in [3.8, 4) is 5.75 Å². The van der Waals surface area contributed by atoms with Gasteiger partial charge in [0.25, 0.3) is 0 Å². The van der Waals surface area contributed by atoms with Gasteiger partial charge in [0.1, 0.15) is 16.6 Å². The Morgan fingerprint density at radius 1 is 1.38 bits per heavy atom. The number of para-hydroxylation sites is 2. The van der Waals surface area contributed by atoms with Crippen LogP contribution in [-0.2, 0) is 10.0 Å². The van der Waals surface area contributed by atoms with E-state index in [4.69, 9.17) is 22.1 Å². The minimum atomic E-state index is -3.58. The zero-order valence-corrected chi connectivity index (χ0v) is 14.7. The first-order valence-electron chi connectivity index (χ1n) is 5.82. The van der Waals surface area contributed by atoms with Crippen LogP contribution in [0.15, 0.2) is 38.3 Å². The van der Waals surface area contributed by atoms with Gasteiger partial charge in [-0.2, -0.15) is 0 Å². The van der Waals surface area contributed by atoms with Gasteiger partial charge in [0.2, 0.25) is 10.0 Å². The molecule has 2 rings (SSSR count). The van der Waals surface area contributed by atoms with Crippen molar-refractivity contribution in [2.24, 2.45) is 0 Å². The van der Waals surface area contributed by atoms with Gasteiger partial charge < -0.3 is 10.5 Å². The number of nitrogen functional groups attached to an aromatic ring is 1. The van der Waals surface area contributed by atoms with E-state index in [1.54, 1.807) is 24.3 Å². The highest BCUT2D eigenvalue weighted by Gasteiger charge is 2.18. The van der Waals surface area contributed by atoms with E-state index in [0.29, 0.717) is 20.2 Å². The van der Waals surface area contributed by atoms with Gasteiger partial charge in [0.15, 0.2) is 0 Å². The minimum Gasteiger partial charge on any atom is -0.490 e. The molecule has 0 amide bonds. The molecule has 1 aromatic heterocycles. The fourth-order valence-electron chi connectivity index (χ4n) is 1.48. The third-order valence-electron chi connectivity index (χ3n) is 2.46. The maximum absolute atomic E-state index is 12.0. The summed E-state index contributed by atoms with van der Waals surface area (Å²) >= 11 is 10.1. The number of anilines is 1. The Kier molecular flexibility index (Phi) is 5.50. The SMILES string of the molecule is Nc1ccccc1OCCNS(=O)(=O)c1cc(Cl)c(Br)s1. The number of nitrogens with one attached hydrogen (secondary N) is 1. The van der Waals surface area contributed by atoms with E-state index >= 15 is 0 Å². The van der Waals surface area contributed by atoms with Crippen molar-refractivity contribution in [3.63, 3.8) is 0 Å². The number of halogens is 2. The normalized spacial score (nSPS) is 11.5. The highest BCUT2D eigenvalue weighted by Crippen LogP contribution is 2.34. The number of hydrogen-bond donors (Lipinski definition) is 2. The fraction of sp³-hybridized carbons (Fsp3) is 0.167. The van der Waals surface area contributed by atoms with E-state index in [0.717, 1.165) is 11.3 Å². The summed E-state index contributed by atoms with van der Waals surface area (Å²) in [5.74, 6) is 0.526. The van der Waals surface area contributed by atoms with Gasteiger partial charge in [0, 0.05) is 6.54 Å². The standard InChI is InChI=1S/C12H12BrClN2O3S2/c13-12-8(14)7-11(20-12)21(17,18)16-5-6-19-10-4-2-1-3-9(10)15/h1-4,7,16H,5-6,15H2. The molecule has 3 N–H and O–H groups in total. The fourth-order valence-corrected chi connectivity index (χ4v) is 4.94. The molecular formula is C12H12BrClN2O3S2. The van der Waals surface area contributed by atoms with Crippen LogP contribution in [-0.4, -0.2) is 21.6 Å². The van der Waals surface area contributed by atoms with Gasteiger partial charge in [-0.05, 0) is 34.1 Å². The summed E-state index contributed by atoms with van der Waals surface area (Å²) in [6.07, 6.45) is 0. The minimum absolute atomic E-state index is 0.129. The number of ether oxygens (including phenoxy) is 1. The van der Waals surface area contributed by atoms with Crippen LogP contribution in [0.1, 0.15) is 0 Å². The maximum Gasteiger partial charge on any atom is 0.250 e. The topological polar surface area (TPSA) is 81.4 Å². The highest BCUT2D eigenvalue weighted by molar-refractivity contribution is 9.11. The third kappa shape index (κ3) is 4.33. The largest absolute Gasteiger partial charge is 0.490 e. The first kappa shape index (κ1) is 16.6. The molecule has 2 aromatic rings. The number of nitrogens with two attached hydrogens (primary N) is 1. The molecule has 0 unspecified atom stereocenters. The van der Waals surface area contributed by atoms with Crippen LogP contribution in [0.4, 0.5) is 5.69 Å². The quantitative estimate of drug-likeness (QED) is 0.565. The molecule has 0 aliphatic heterocycles. The number of sulfonamides is 1. The van der Waals surface area contributed by atoms with Crippen molar-refractivity contribution in [3.05, 3.63) is 39.1 Å². The molecule has 1 aromatic carbocycles. The van der Waals surface area contributed by atoms with Crippen molar-refractivity contribution < 1.29 is 13.2 Å². The van der Waals surface area contributed by atoms with E-state index < -0.39 is 10.0 Å². The van der Waals surface area contributed by atoms with Gasteiger partial charge in [-0.15, -0.1) is 11.3 Å². The summed E-state index contributed by atoms with van der Waals surface area (Å²) in [6.45, 7) is 0.303. The molecule has 0 saturated heterocycles. The van der Waals surface area contributed by atoms with Gasteiger partial charge >= 0.3 is 0 Å². The summed E-state index contributed by atoms with van der Waals surface area (Å²) in [7, 11) is -3.58. The first-order valence-corrected chi connectivity index (χ1v) is 9.29. The molecule has 9 heteroatoms. The molecule has 0 bridgehead atoms. The van der Waals surface area contributed by atoms with Crippen LogP contribution in [0.3, 0.4) is 0 Å². The molecule has 0 saturated carbocycles. The Balaban J connectivity index is 1.90. The van der Waals surface area contributed by atoms with Crippen molar-refractivity contribution in [1.29, 1.82) is 0 Å². The second kappa shape index (κ2) is 6.97. The average Bonchev–Trinajstić information content (AvgIpc) is 2.77. The first-order chi connectivity index (χ1) is 9.90. The highest BCUT2D eigenvalue weighted by atomic mass is 79.9. The van der Waals surface area contributed by atoms with Gasteiger partial charge in [0.05, 0.1) is 14.5 Å². The monoisotopic (exact) mass is 410 g/mol. The Hall–Kier alpha value is -0.800. The number of hydrogen-bond acceptors (Lipinski definition) is 5. The Labute approximate surface area is 140 Å². The summed E-state index contributed by atoms with van der Waals surface area (Å²) in [6, 6.07) is 8.42. The summed E-state index contributed by atoms with van der Waals surface area (Å²) < 4.78 is 32.6. The zero-order valence-electron chi connectivity index (χ0n) is 10.7. The molecule has 5 nitrogen and oxygen atoms in total. The number of benzene rings is 1. The Morgan fingerprint density at radius 3 is 2.71 bits per heavy atom. The van der Waals surface area contributed by atoms with E-state index in [2.05, 4.69) is 20.7 Å². The molecule has 21 heavy (non-hydrogen) atoms. The molecule has 0 aliphatic rings. The lowest BCUT2D eigenvalue weighted by Gasteiger charge is -2.09. The molecule has 1 heterocycles. The van der Waals surface area contributed by atoms with Crippen LogP contribution in [0, 0.1) is 0 Å². The van der Waals surface area contributed by atoms with E-state index in [1.807, 2.05) is 0 Å². The lowest BCUT2D eigenvalue weighted by Crippen LogP contribution is -2.27. The lowest BCUT2D eigenvalue weighted by molar-refractivity contribution is 0.324. The smallest absolute Gasteiger partial charge is 0.250 e. The third-order valence-corrected chi connectivity index (χ3v) is 6.87. The Bertz CT molecular complexity index is 714. The van der Waals surface area contributed by atoms with Crippen LogP contribution < -0.4 is 15.2 Å². The molecule has 0 atom stereocenters. The predicted octanol–water partition coefficient (Wildman–Crippen LogP) is 3.10. The maximum atomic E-state index is 12.0. The Morgan fingerprint density at radius 2 is 2.10 bits per heavy atom. The predicted molar refractivity (Wildman–Crippen MR) is 88.6 cm³/mol. The summed E-state index contributed by atoms with van der Waals surface area (Å²) in [5.41, 5.74) is 6.23. The summed E-state index contributed by atoms with van der Waals surface area (Å²) in [4.78, 5) is 0. The lowest BCUT2D eigenvalue weighted by atomic mass is 10.3. The van der Waals surface area contributed by atoms with E-state index in [-0.39, 0.29) is 17.4 Å². The molecule has 0 aliphatic carbocycles. The number of rotatable bonds is 6. The molecule has 0 spiro atoms. The molecule has 0 fully saturated rings. The zero-order chi connectivity index (χ0) is 15.5. The van der Waals surface area contributed by atoms with E-state index in [1.165, 1.54) is 6.07 Å². The van der Waals surface area contributed by atoms with Crippen LogP contribution >= 0.6 is 38.9 Å².